The van der Waals surface area contributed by atoms with Gasteiger partial charge in [0.2, 0.25) is 0 Å². The number of phenolic OH excluding ortho intramolecular Hbond substituents is 1. The summed E-state index contributed by atoms with van der Waals surface area (Å²) in [5, 5.41) is 9.55. The number of anilines is 1. The van der Waals surface area contributed by atoms with Gasteiger partial charge in [-0.15, -0.1) is 0 Å². The predicted octanol–water partition coefficient (Wildman–Crippen LogP) is 1.33. The highest BCUT2D eigenvalue weighted by molar-refractivity contribution is 6.30. The van der Waals surface area contributed by atoms with Crippen LogP contribution < -0.4 is 11.3 Å². The molecule has 0 amide bonds. The monoisotopic (exact) mass is 158 g/mol. The number of hydrogen-bond donors (Lipinski definition) is 3. The molecule has 0 heterocycles. The fraction of sp³-hybridized carbons (Fsp3) is 0. The average Bonchev–Trinajstić information content (AvgIpc) is 1.88. The Morgan fingerprint density at radius 1 is 1.50 bits per heavy atom. The SMILES string of the molecule is NNc1ccc(Cl)cc1O. The van der Waals surface area contributed by atoms with Gasteiger partial charge in [0.25, 0.3) is 0 Å². The van der Waals surface area contributed by atoms with Crippen LogP contribution in [0.1, 0.15) is 0 Å². The molecule has 0 bridgehead atoms. The molecule has 0 fully saturated rings. The van der Waals surface area contributed by atoms with E-state index in [9.17, 15) is 0 Å². The number of hydrazine groups is 1. The van der Waals surface area contributed by atoms with E-state index in [4.69, 9.17) is 22.6 Å². The van der Waals surface area contributed by atoms with Crippen molar-refractivity contribution < 1.29 is 5.11 Å². The second kappa shape index (κ2) is 2.77. The van der Waals surface area contributed by atoms with Gasteiger partial charge < -0.3 is 10.5 Å². The maximum Gasteiger partial charge on any atom is 0.141 e. The zero-order chi connectivity index (χ0) is 7.56. The van der Waals surface area contributed by atoms with Crippen LogP contribution in [0.2, 0.25) is 5.02 Å². The van der Waals surface area contributed by atoms with Crippen LogP contribution in [0.25, 0.3) is 0 Å². The van der Waals surface area contributed by atoms with E-state index in [1.165, 1.54) is 6.07 Å². The molecular weight excluding hydrogens is 152 g/mol. The Labute approximate surface area is 63.4 Å². The van der Waals surface area contributed by atoms with Gasteiger partial charge in [0, 0.05) is 11.1 Å². The maximum absolute atomic E-state index is 9.06. The maximum atomic E-state index is 9.06. The summed E-state index contributed by atoms with van der Waals surface area (Å²) in [7, 11) is 0. The molecule has 0 aromatic heterocycles. The molecule has 0 saturated heterocycles. The molecule has 4 heteroatoms. The van der Waals surface area contributed by atoms with Gasteiger partial charge in [-0.05, 0) is 12.1 Å². The summed E-state index contributed by atoms with van der Waals surface area (Å²) in [5.41, 5.74) is 2.78. The van der Waals surface area contributed by atoms with Gasteiger partial charge in [0.1, 0.15) is 5.75 Å². The van der Waals surface area contributed by atoms with Gasteiger partial charge in [0.05, 0.1) is 5.69 Å². The highest BCUT2D eigenvalue weighted by Crippen LogP contribution is 2.25. The third-order valence-electron chi connectivity index (χ3n) is 1.12. The second-order valence-electron chi connectivity index (χ2n) is 1.81. The lowest BCUT2D eigenvalue weighted by Crippen LogP contribution is -2.06. The largest absolute Gasteiger partial charge is 0.506 e. The van der Waals surface area contributed by atoms with Crippen molar-refractivity contribution in [2.45, 2.75) is 0 Å². The Bertz CT molecular complexity index is 239. The minimum atomic E-state index is 0.0509. The van der Waals surface area contributed by atoms with E-state index in [1.807, 2.05) is 0 Å². The summed E-state index contributed by atoms with van der Waals surface area (Å²) in [6.07, 6.45) is 0. The number of aromatic hydroxyl groups is 1. The van der Waals surface area contributed by atoms with Gasteiger partial charge >= 0.3 is 0 Å². The van der Waals surface area contributed by atoms with Crippen molar-refractivity contribution in [3.63, 3.8) is 0 Å². The van der Waals surface area contributed by atoms with Crippen molar-refractivity contribution in [3.05, 3.63) is 23.2 Å². The molecule has 0 aliphatic heterocycles. The van der Waals surface area contributed by atoms with Crippen LogP contribution in [0.15, 0.2) is 18.2 Å². The van der Waals surface area contributed by atoms with E-state index in [-0.39, 0.29) is 5.75 Å². The van der Waals surface area contributed by atoms with Crippen LogP contribution in [0, 0.1) is 0 Å². The molecule has 10 heavy (non-hydrogen) atoms. The molecule has 0 aliphatic rings. The lowest BCUT2D eigenvalue weighted by molar-refractivity contribution is 0.477. The minimum Gasteiger partial charge on any atom is -0.506 e. The molecule has 0 aliphatic carbocycles. The van der Waals surface area contributed by atoms with Crippen LogP contribution in [0.4, 0.5) is 5.69 Å². The molecule has 0 unspecified atom stereocenters. The molecule has 3 nitrogen and oxygen atoms in total. The van der Waals surface area contributed by atoms with E-state index in [0.717, 1.165) is 0 Å². The summed E-state index contributed by atoms with van der Waals surface area (Å²) in [4.78, 5) is 0. The third-order valence-corrected chi connectivity index (χ3v) is 1.35. The van der Waals surface area contributed by atoms with Crippen molar-refractivity contribution >= 4 is 17.3 Å². The molecule has 1 aromatic carbocycles. The summed E-state index contributed by atoms with van der Waals surface area (Å²) in [6, 6.07) is 4.64. The molecule has 54 valence electrons. The quantitative estimate of drug-likeness (QED) is 0.328. The van der Waals surface area contributed by atoms with Gasteiger partial charge in [-0.25, -0.2) is 0 Å². The number of halogens is 1. The van der Waals surface area contributed by atoms with Gasteiger partial charge in [-0.2, -0.15) is 0 Å². The Morgan fingerprint density at radius 3 is 2.70 bits per heavy atom. The second-order valence-corrected chi connectivity index (χ2v) is 2.24. The third kappa shape index (κ3) is 1.32. The van der Waals surface area contributed by atoms with E-state index in [1.54, 1.807) is 12.1 Å². The van der Waals surface area contributed by atoms with Crippen molar-refractivity contribution in [2.24, 2.45) is 5.84 Å². The highest BCUT2D eigenvalue weighted by atomic mass is 35.5. The molecule has 0 radical (unpaired) electrons. The fourth-order valence-corrected chi connectivity index (χ4v) is 0.793. The number of phenols is 1. The van der Waals surface area contributed by atoms with Crippen molar-refractivity contribution in [1.29, 1.82) is 0 Å². The predicted molar refractivity (Wildman–Crippen MR) is 40.9 cm³/mol. The standard InChI is InChI=1S/C6H7ClN2O/c7-4-1-2-5(9-8)6(10)3-4/h1-3,9-10H,8H2. The number of nitrogen functional groups attached to an aromatic ring is 1. The zero-order valence-electron chi connectivity index (χ0n) is 5.13. The van der Waals surface area contributed by atoms with E-state index < -0.39 is 0 Å². The summed E-state index contributed by atoms with van der Waals surface area (Å²) >= 11 is 5.55. The number of rotatable bonds is 1. The number of nitrogens with one attached hydrogen (secondary N) is 1. The van der Waals surface area contributed by atoms with Crippen LogP contribution >= 0.6 is 11.6 Å². The van der Waals surface area contributed by atoms with Crippen LogP contribution in [0.5, 0.6) is 5.75 Å². The average molecular weight is 159 g/mol. The first-order valence-electron chi connectivity index (χ1n) is 2.69. The molecule has 1 aromatic rings. The lowest BCUT2D eigenvalue weighted by Gasteiger charge is -2.01. The number of hydrogen-bond acceptors (Lipinski definition) is 3. The lowest BCUT2D eigenvalue weighted by atomic mass is 10.3. The highest BCUT2D eigenvalue weighted by Gasteiger charge is 1.97. The summed E-state index contributed by atoms with van der Waals surface area (Å²) < 4.78 is 0. The van der Waals surface area contributed by atoms with E-state index in [2.05, 4.69) is 5.43 Å². The minimum absolute atomic E-state index is 0.0509. The van der Waals surface area contributed by atoms with Crippen molar-refractivity contribution in [3.8, 4) is 5.75 Å². The normalized spacial score (nSPS) is 9.40. The van der Waals surface area contributed by atoms with Crippen LogP contribution in [-0.4, -0.2) is 5.11 Å². The van der Waals surface area contributed by atoms with Crippen molar-refractivity contribution in [1.82, 2.24) is 0 Å². The first-order chi connectivity index (χ1) is 4.74. The summed E-state index contributed by atoms with van der Waals surface area (Å²) in [6.45, 7) is 0. The Kier molecular flexibility index (Phi) is 1.99. The zero-order valence-corrected chi connectivity index (χ0v) is 5.89. The molecule has 4 N–H and O–H groups in total. The fourth-order valence-electron chi connectivity index (χ4n) is 0.627. The topological polar surface area (TPSA) is 58.3 Å². The smallest absolute Gasteiger partial charge is 0.141 e. The number of benzene rings is 1. The van der Waals surface area contributed by atoms with Gasteiger partial charge in [-0.1, -0.05) is 11.6 Å². The first kappa shape index (κ1) is 7.18. The first-order valence-corrected chi connectivity index (χ1v) is 3.07. The number of nitrogens with two attached hydrogens (primary N) is 1. The van der Waals surface area contributed by atoms with Crippen LogP contribution in [0.3, 0.4) is 0 Å². The Balaban J connectivity index is 3.07. The summed E-state index contributed by atoms with van der Waals surface area (Å²) in [5.74, 6) is 5.10. The molecule has 0 saturated carbocycles. The van der Waals surface area contributed by atoms with Gasteiger partial charge in [0.15, 0.2) is 0 Å². The van der Waals surface area contributed by atoms with Crippen LogP contribution in [-0.2, 0) is 0 Å². The van der Waals surface area contributed by atoms with E-state index in [0.29, 0.717) is 10.7 Å². The Morgan fingerprint density at radius 2 is 2.20 bits per heavy atom. The van der Waals surface area contributed by atoms with E-state index >= 15 is 0 Å². The molecule has 0 spiro atoms. The van der Waals surface area contributed by atoms with Gasteiger partial charge in [-0.3, -0.25) is 5.84 Å². The van der Waals surface area contributed by atoms with Crippen molar-refractivity contribution in [2.75, 3.05) is 5.43 Å². The molecular formula is C6H7ClN2O. The molecule has 0 atom stereocenters. The Hall–Kier alpha value is -0.930. The molecule has 1 rings (SSSR count).